The molecule has 1 aromatic heterocycles. The lowest BCUT2D eigenvalue weighted by molar-refractivity contribution is 0.657. The van der Waals surface area contributed by atoms with Gasteiger partial charge in [-0.3, -0.25) is 4.79 Å². The molecule has 1 aliphatic rings. The van der Waals surface area contributed by atoms with E-state index in [9.17, 15) is 4.79 Å². The maximum Gasteiger partial charge on any atom is 0.284 e. The third-order valence-electron chi connectivity index (χ3n) is 3.32. The van der Waals surface area contributed by atoms with E-state index in [1.54, 1.807) is 6.20 Å². The number of nitrogens with zero attached hydrogens (tertiary/aromatic N) is 2. The number of thioether (sulfide) groups is 1. The zero-order valence-electron chi connectivity index (χ0n) is 10.7. The molecule has 0 saturated heterocycles. The van der Waals surface area contributed by atoms with Crippen LogP contribution in [0, 0.1) is 12.3 Å². The standard InChI is InChI=1S/C13H16BrN3OS/c1-3-7-17-13(18)12(14)10(8-15-17)16-9-5-4-6-11(9)19-2/h1,8-9,11,16H,4-7H2,2H3. The Morgan fingerprint density at radius 2 is 2.47 bits per heavy atom. The highest BCUT2D eigenvalue weighted by atomic mass is 79.9. The number of rotatable bonds is 4. The van der Waals surface area contributed by atoms with Crippen LogP contribution in [0.5, 0.6) is 0 Å². The van der Waals surface area contributed by atoms with Crippen molar-refractivity contribution in [1.82, 2.24) is 9.78 Å². The van der Waals surface area contributed by atoms with Crippen LogP contribution in [0.15, 0.2) is 15.5 Å². The fraction of sp³-hybridized carbons (Fsp3) is 0.538. The monoisotopic (exact) mass is 341 g/mol. The average Bonchev–Trinajstić information content (AvgIpc) is 2.86. The van der Waals surface area contributed by atoms with Crippen molar-refractivity contribution >= 4 is 33.4 Å². The van der Waals surface area contributed by atoms with E-state index in [1.165, 1.54) is 17.5 Å². The van der Waals surface area contributed by atoms with E-state index < -0.39 is 0 Å². The van der Waals surface area contributed by atoms with Crippen molar-refractivity contribution in [3.05, 3.63) is 21.0 Å². The Labute approximate surface area is 125 Å². The predicted octanol–water partition coefficient (Wildman–Crippen LogP) is 2.33. The molecule has 1 heterocycles. The van der Waals surface area contributed by atoms with E-state index >= 15 is 0 Å². The van der Waals surface area contributed by atoms with Crippen LogP contribution in [0.4, 0.5) is 5.69 Å². The molecular formula is C13H16BrN3OS. The fourth-order valence-corrected chi connectivity index (χ4v) is 3.69. The van der Waals surface area contributed by atoms with Gasteiger partial charge in [0.05, 0.1) is 11.9 Å². The fourth-order valence-electron chi connectivity index (χ4n) is 2.34. The molecule has 1 aliphatic carbocycles. The molecule has 6 heteroatoms. The minimum atomic E-state index is -0.193. The van der Waals surface area contributed by atoms with Crippen LogP contribution in [-0.4, -0.2) is 27.3 Å². The molecule has 0 amide bonds. The first-order chi connectivity index (χ1) is 9.17. The zero-order valence-corrected chi connectivity index (χ0v) is 13.1. The quantitative estimate of drug-likeness (QED) is 0.854. The molecule has 102 valence electrons. The summed E-state index contributed by atoms with van der Waals surface area (Å²) < 4.78 is 1.78. The Morgan fingerprint density at radius 3 is 3.16 bits per heavy atom. The Balaban J connectivity index is 2.20. The SMILES string of the molecule is C#CCn1ncc(NC2CCCC2SC)c(Br)c1=O. The van der Waals surface area contributed by atoms with E-state index in [-0.39, 0.29) is 12.1 Å². The van der Waals surface area contributed by atoms with Gasteiger partial charge in [0, 0.05) is 11.3 Å². The Bertz CT molecular complexity index is 552. The summed E-state index contributed by atoms with van der Waals surface area (Å²) in [5.74, 6) is 2.42. The van der Waals surface area contributed by atoms with Crippen LogP contribution in [0.2, 0.25) is 0 Å². The number of nitrogens with one attached hydrogen (secondary N) is 1. The molecule has 2 unspecified atom stereocenters. The van der Waals surface area contributed by atoms with Gasteiger partial charge in [0.15, 0.2) is 0 Å². The van der Waals surface area contributed by atoms with Gasteiger partial charge in [-0.2, -0.15) is 16.9 Å². The maximum absolute atomic E-state index is 12.0. The van der Waals surface area contributed by atoms with E-state index in [2.05, 4.69) is 38.5 Å². The minimum Gasteiger partial charge on any atom is -0.379 e. The summed E-state index contributed by atoms with van der Waals surface area (Å²) in [6.45, 7) is 0.189. The lowest BCUT2D eigenvalue weighted by Gasteiger charge is -2.20. The molecule has 1 saturated carbocycles. The van der Waals surface area contributed by atoms with E-state index in [1.807, 2.05) is 11.8 Å². The van der Waals surface area contributed by atoms with Crippen LogP contribution < -0.4 is 10.9 Å². The van der Waals surface area contributed by atoms with Crippen LogP contribution in [0.1, 0.15) is 19.3 Å². The van der Waals surface area contributed by atoms with E-state index in [4.69, 9.17) is 6.42 Å². The summed E-state index contributed by atoms with van der Waals surface area (Å²) >= 11 is 5.21. The summed E-state index contributed by atoms with van der Waals surface area (Å²) in [4.78, 5) is 12.0. The molecule has 2 rings (SSSR count). The Hall–Kier alpha value is -0.930. The molecule has 0 aliphatic heterocycles. The van der Waals surface area contributed by atoms with Crippen molar-refractivity contribution in [2.75, 3.05) is 11.6 Å². The maximum atomic E-state index is 12.0. The number of hydrogen-bond acceptors (Lipinski definition) is 4. The summed E-state index contributed by atoms with van der Waals surface area (Å²) in [5.41, 5.74) is 0.561. The zero-order chi connectivity index (χ0) is 13.8. The number of hydrogen-bond donors (Lipinski definition) is 1. The van der Waals surface area contributed by atoms with E-state index in [0.717, 1.165) is 12.1 Å². The lowest BCUT2D eigenvalue weighted by Crippen LogP contribution is -2.29. The van der Waals surface area contributed by atoms with Crippen LogP contribution >= 0.6 is 27.7 Å². The summed E-state index contributed by atoms with van der Waals surface area (Å²) in [6, 6.07) is 0.399. The summed E-state index contributed by atoms with van der Waals surface area (Å²) in [6.07, 6.45) is 12.6. The smallest absolute Gasteiger partial charge is 0.284 e. The molecule has 0 aromatic carbocycles. The van der Waals surface area contributed by atoms with Gasteiger partial charge in [-0.15, -0.1) is 6.42 Å². The molecule has 4 nitrogen and oxygen atoms in total. The van der Waals surface area contributed by atoms with Crippen molar-refractivity contribution in [3.63, 3.8) is 0 Å². The van der Waals surface area contributed by atoms with Gasteiger partial charge >= 0.3 is 0 Å². The largest absolute Gasteiger partial charge is 0.379 e. The van der Waals surface area contributed by atoms with Crippen molar-refractivity contribution in [2.24, 2.45) is 0 Å². The Morgan fingerprint density at radius 1 is 1.68 bits per heavy atom. The molecule has 1 fully saturated rings. The second kappa shape index (κ2) is 6.49. The summed E-state index contributed by atoms with van der Waals surface area (Å²) in [7, 11) is 0. The number of halogens is 1. The molecule has 0 bridgehead atoms. The van der Waals surface area contributed by atoms with Crippen LogP contribution in [0.25, 0.3) is 0 Å². The van der Waals surface area contributed by atoms with E-state index in [0.29, 0.717) is 15.8 Å². The van der Waals surface area contributed by atoms with Crippen LogP contribution in [-0.2, 0) is 6.54 Å². The number of aromatic nitrogens is 2. The molecule has 1 N–H and O–H groups in total. The van der Waals surface area contributed by atoms with Crippen molar-refractivity contribution in [1.29, 1.82) is 0 Å². The third kappa shape index (κ3) is 3.15. The first-order valence-electron chi connectivity index (χ1n) is 6.15. The van der Waals surface area contributed by atoms with Crippen molar-refractivity contribution in [2.45, 2.75) is 37.1 Å². The summed E-state index contributed by atoms with van der Waals surface area (Å²) in [5, 5.41) is 8.11. The highest BCUT2D eigenvalue weighted by Crippen LogP contribution is 2.31. The van der Waals surface area contributed by atoms with Gasteiger partial charge in [-0.05, 0) is 35.0 Å². The van der Waals surface area contributed by atoms with Crippen LogP contribution in [0.3, 0.4) is 0 Å². The number of anilines is 1. The molecule has 1 aromatic rings. The van der Waals surface area contributed by atoms with Crippen molar-refractivity contribution in [3.8, 4) is 12.3 Å². The predicted molar refractivity (Wildman–Crippen MR) is 83.6 cm³/mol. The van der Waals surface area contributed by atoms with Gasteiger partial charge in [0.2, 0.25) is 0 Å². The first-order valence-corrected chi connectivity index (χ1v) is 8.24. The third-order valence-corrected chi connectivity index (χ3v) is 5.26. The van der Waals surface area contributed by atoms with Crippen molar-refractivity contribution < 1.29 is 0 Å². The van der Waals surface area contributed by atoms with Gasteiger partial charge in [0.1, 0.15) is 11.0 Å². The molecule has 0 radical (unpaired) electrons. The highest BCUT2D eigenvalue weighted by molar-refractivity contribution is 9.10. The van der Waals surface area contributed by atoms with Gasteiger partial charge in [0.25, 0.3) is 5.56 Å². The first kappa shape index (κ1) is 14.5. The second-order valence-electron chi connectivity index (χ2n) is 4.50. The second-order valence-corrected chi connectivity index (χ2v) is 6.36. The molecule has 19 heavy (non-hydrogen) atoms. The molecule has 2 atom stereocenters. The van der Waals surface area contributed by atoms with Gasteiger partial charge < -0.3 is 5.32 Å². The lowest BCUT2D eigenvalue weighted by atomic mass is 10.2. The number of terminal acetylenes is 1. The Kier molecular flexibility index (Phi) is 4.94. The average molecular weight is 342 g/mol. The minimum absolute atomic E-state index is 0.189. The topological polar surface area (TPSA) is 46.9 Å². The molecular weight excluding hydrogens is 326 g/mol. The van der Waals surface area contributed by atoms with Gasteiger partial charge in [-0.1, -0.05) is 12.3 Å². The normalized spacial score (nSPS) is 22.2. The van der Waals surface area contributed by atoms with Gasteiger partial charge in [-0.25, -0.2) is 4.68 Å². The molecule has 0 spiro atoms. The highest BCUT2D eigenvalue weighted by Gasteiger charge is 2.27.